The Hall–Kier alpha value is -2.36. The molecule has 0 heterocycles. The molecule has 0 aromatic heterocycles. The molecular weight excluding hydrogens is 256 g/mol. The predicted molar refractivity (Wildman–Crippen MR) is 78.7 cm³/mol. The molecule has 0 unspecified atom stereocenters. The second kappa shape index (κ2) is 10.6. The molecule has 0 N–H and O–H groups in total. The summed E-state index contributed by atoms with van der Waals surface area (Å²) in [5.74, 6) is -1.16. The summed E-state index contributed by atoms with van der Waals surface area (Å²) in [5, 5.41) is 0. The summed E-state index contributed by atoms with van der Waals surface area (Å²) in [4.78, 5) is 23.4. The summed E-state index contributed by atoms with van der Waals surface area (Å²) >= 11 is 0. The Kier molecular flexibility index (Phi) is 9.31. The van der Waals surface area contributed by atoms with Crippen molar-refractivity contribution in [2.45, 2.75) is 13.8 Å². The van der Waals surface area contributed by atoms with Crippen LogP contribution in [0.15, 0.2) is 49.6 Å². The highest BCUT2D eigenvalue weighted by Crippen LogP contribution is 2.12. The zero-order valence-electron chi connectivity index (χ0n) is 11.9. The molecule has 4 nitrogen and oxygen atoms in total. The summed E-state index contributed by atoms with van der Waals surface area (Å²) in [6.45, 7) is 11.1. The normalized spacial score (nSPS) is 8.70. The fourth-order valence-corrected chi connectivity index (χ4v) is 1.26. The van der Waals surface area contributed by atoms with Gasteiger partial charge in [0, 0.05) is 0 Å². The molecule has 4 heteroatoms. The van der Waals surface area contributed by atoms with Gasteiger partial charge in [-0.1, -0.05) is 51.3 Å². The van der Waals surface area contributed by atoms with Crippen LogP contribution in [0.3, 0.4) is 0 Å². The Labute approximate surface area is 119 Å². The molecule has 20 heavy (non-hydrogen) atoms. The number of rotatable bonds is 6. The molecule has 0 spiro atoms. The van der Waals surface area contributed by atoms with Crippen molar-refractivity contribution in [1.82, 2.24) is 0 Å². The van der Waals surface area contributed by atoms with E-state index >= 15 is 0 Å². The Bertz CT molecular complexity index is 420. The zero-order chi connectivity index (χ0) is 15.4. The molecule has 0 saturated carbocycles. The van der Waals surface area contributed by atoms with E-state index in [9.17, 15) is 9.59 Å². The summed E-state index contributed by atoms with van der Waals surface area (Å²) in [6, 6.07) is 6.31. The van der Waals surface area contributed by atoms with Crippen molar-refractivity contribution in [3.8, 4) is 0 Å². The molecule has 1 aromatic carbocycles. The molecule has 0 fully saturated rings. The van der Waals surface area contributed by atoms with Crippen LogP contribution in [0, 0.1) is 0 Å². The van der Waals surface area contributed by atoms with Crippen LogP contribution in [-0.2, 0) is 9.47 Å². The van der Waals surface area contributed by atoms with E-state index in [0.717, 1.165) is 0 Å². The van der Waals surface area contributed by atoms with Crippen molar-refractivity contribution >= 4 is 11.9 Å². The molecule has 1 aromatic rings. The molecule has 108 valence electrons. The second-order valence-corrected chi connectivity index (χ2v) is 3.32. The number of carbonyl (C=O) groups is 2. The van der Waals surface area contributed by atoms with E-state index in [1.165, 1.54) is 24.3 Å². The van der Waals surface area contributed by atoms with Crippen molar-refractivity contribution in [3.63, 3.8) is 0 Å². The molecule has 0 radical (unpaired) electrons. The minimum atomic E-state index is -0.582. The molecule has 0 saturated heterocycles. The smallest absolute Gasteiger partial charge is 0.339 e. The Morgan fingerprint density at radius 2 is 1.30 bits per heavy atom. The minimum Gasteiger partial charge on any atom is -0.458 e. The zero-order valence-corrected chi connectivity index (χ0v) is 11.9. The maximum absolute atomic E-state index is 11.7. The van der Waals surface area contributed by atoms with Gasteiger partial charge in [-0.3, -0.25) is 0 Å². The van der Waals surface area contributed by atoms with E-state index in [1.807, 2.05) is 13.8 Å². The Morgan fingerprint density at radius 3 is 1.60 bits per heavy atom. The van der Waals surface area contributed by atoms with Gasteiger partial charge >= 0.3 is 11.9 Å². The molecule has 0 bridgehead atoms. The highest BCUT2D eigenvalue weighted by molar-refractivity contribution is 6.03. The van der Waals surface area contributed by atoms with Gasteiger partial charge in [-0.15, -0.1) is 0 Å². The van der Waals surface area contributed by atoms with E-state index in [-0.39, 0.29) is 24.3 Å². The van der Waals surface area contributed by atoms with E-state index in [4.69, 9.17) is 9.47 Å². The highest BCUT2D eigenvalue weighted by atomic mass is 16.5. The third-order valence-electron chi connectivity index (χ3n) is 2.03. The maximum atomic E-state index is 11.7. The van der Waals surface area contributed by atoms with Crippen LogP contribution in [-0.4, -0.2) is 25.2 Å². The first-order valence-corrected chi connectivity index (χ1v) is 6.35. The number of ether oxygens (including phenoxy) is 2. The van der Waals surface area contributed by atoms with E-state index in [1.54, 1.807) is 12.1 Å². The third kappa shape index (κ3) is 5.52. The van der Waals surface area contributed by atoms with E-state index in [0.29, 0.717) is 0 Å². The highest BCUT2D eigenvalue weighted by Gasteiger charge is 2.18. The van der Waals surface area contributed by atoms with Gasteiger partial charge in [-0.05, 0) is 12.1 Å². The van der Waals surface area contributed by atoms with Gasteiger partial charge in [0.05, 0.1) is 11.1 Å². The van der Waals surface area contributed by atoms with Crippen molar-refractivity contribution in [2.75, 3.05) is 13.2 Å². The standard InChI is InChI=1S/C14H14O4.C2H6/c1-3-9-17-13(15)11-7-5-6-8-12(11)14(16)18-10-4-2;1-2/h3-8H,1-2,9-10H2;1-2H3. The van der Waals surface area contributed by atoms with Crippen molar-refractivity contribution in [1.29, 1.82) is 0 Å². The average Bonchev–Trinajstić information content (AvgIpc) is 2.52. The lowest BCUT2D eigenvalue weighted by atomic mass is 10.1. The van der Waals surface area contributed by atoms with Crippen LogP contribution in [0.25, 0.3) is 0 Å². The number of hydrogen-bond acceptors (Lipinski definition) is 4. The van der Waals surface area contributed by atoms with Crippen molar-refractivity contribution in [3.05, 3.63) is 60.7 Å². The van der Waals surface area contributed by atoms with Gasteiger partial charge in [-0.25, -0.2) is 9.59 Å². The van der Waals surface area contributed by atoms with Crippen molar-refractivity contribution in [2.24, 2.45) is 0 Å². The number of carbonyl (C=O) groups excluding carboxylic acids is 2. The number of hydrogen-bond donors (Lipinski definition) is 0. The molecule has 0 atom stereocenters. The molecule has 0 aliphatic heterocycles. The van der Waals surface area contributed by atoms with Gasteiger partial charge in [0.15, 0.2) is 0 Å². The van der Waals surface area contributed by atoms with Gasteiger partial charge in [-0.2, -0.15) is 0 Å². The van der Waals surface area contributed by atoms with Gasteiger partial charge in [0.1, 0.15) is 13.2 Å². The predicted octanol–water partition coefficient (Wildman–Crippen LogP) is 3.40. The Morgan fingerprint density at radius 1 is 0.950 bits per heavy atom. The summed E-state index contributed by atoms with van der Waals surface area (Å²) in [5.41, 5.74) is 0.349. The van der Waals surface area contributed by atoms with Crippen LogP contribution in [0.4, 0.5) is 0 Å². The lowest BCUT2D eigenvalue weighted by Crippen LogP contribution is -2.14. The van der Waals surface area contributed by atoms with Gasteiger partial charge < -0.3 is 9.47 Å². The van der Waals surface area contributed by atoms with Crippen molar-refractivity contribution < 1.29 is 19.1 Å². The third-order valence-corrected chi connectivity index (χ3v) is 2.03. The molecule has 0 aliphatic carbocycles. The van der Waals surface area contributed by atoms with Crippen LogP contribution < -0.4 is 0 Å². The van der Waals surface area contributed by atoms with E-state index < -0.39 is 11.9 Å². The largest absolute Gasteiger partial charge is 0.458 e. The lowest BCUT2D eigenvalue weighted by Gasteiger charge is -2.07. The molecular formula is C16H20O4. The number of benzene rings is 1. The summed E-state index contributed by atoms with van der Waals surface area (Å²) in [7, 11) is 0. The fraction of sp³-hybridized carbons (Fsp3) is 0.250. The second-order valence-electron chi connectivity index (χ2n) is 3.32. The van der Waals surface area contributed by atoms with Crippen LogP contribution in [0.5, 0.6) is 0 Å². The first kappa shape index (κ1) is 17.6. The van der Waals surface area contributed by atoms with Crippen LogP contribution >= 0.6 is 0 Å². The monoisotopic (exact) mass is 276 g/mol. The quantitative estimate of drug-likeness (QED) is 0.590. The topological polar surface area (TPSA) is 52.6 Å². The molecule has 0 aliphatic rings. The number of esters is 2. The Balaban J connectivity index is 0.00000172. The average molecular weight is 276 g/mol. The SMILES string of the molecule is C=CCOC(=O)c1ccccc1C(=O)OCC=C.CC. The van der Waals surface area contributed by atoms with Gasteiger partial charge in [0.2, 0.25) is 0 Å². The lowest BCUT2D eigenvalue weighted by molar-refractivity contribution is 0.0503. The minimum absolute atomic E-state index is 0.0921. The van der Waals surface area contributed by atoms with Crippen LogP contribution in [0.2, 0.25) is 0 Å². The first-order chi connectivity index (χ1) is 9.70. The fourth-order valence-electron chi connectivity index (χ4n) is 1.26. The maximum Gasteiger partial charge on any atom is 0.339 e. The molecule has 0 amide bonds. The summed E-state index contributed by atoms with van der Waals surface area (Å²) < 4.78 is 9.78. The molecule has 1 rings (SSSR count). The summed E-state index contributed by atoms with van der Waals surface area (Å²) in [6.07, 6.45) is 2.91. The van der Waals surface area contributed by atoms with Gasteiger partial charge in [0.25, 0.3) is 0 Å². The van der Waals surface area contributed by atoms with E-state index in [2.05, 4.69) is 13.2 Å². The first-order valence-electron chi connectivity index (χ1n) is 6.35. The van der Waals surface area contributed by atoms with Crippen LogP contribution in [0.1, 0.15) is 34.6 Å².